The molecule has 2 aliphatic rings. The van der Waals surface area contributed by atoms with Crippen LogP contribution in [-0.4, -0.2) is 60.4 Å². The van der Waals surface area contributed by atoms with Gasteiger partial charge in [0.15, 0.2) is 0 Å². The SMILES string of the molecule is CC(C)(C)OC(=O)N1CCN([C@H]2c3ccccc3OC[C@@H]2OCc2cc(Br)cc(Br)c2)CC1. The molecule has 0 unspecified atom stereocenters. The summed E-state index contributed by atoms with van der Waals surface area (Å²) in [7, 11) is 0. The van der Waals surface area contributed by atoms with Gasteiger partial charge in [-0.3, -0.25) is 4.90 Å². The number of carbonyl (C=O) groups is 1. The van der Waals surface area contributed by atoms with E-state index in [4.69, 9.17) is 14.2 Å². The summed E-state index contributed by atoms with van der Waals surface area (Å²) in [5.41, 5.74) is 1.73. The van der Waals surface area contributed by atoms with E-state index in [0.717, 1.165) is 38.9 Å². The van der Waals surface area contributed by atoms with Crippen LogP contribution in [0, 0.1) is 0 Å². The van der Waals surface area contributed by atoms with Gasteiger partial charge in [-0.1, -0.05) is 50.1 Å². The normalized spacial score (nSPS) is 21.3. The molecule has 0 radical (unpaired) electrons. The Bertz CT molecular complexity index is 966. The summed E-state index contributed by atoms with van der Waals surface area (Å²) in [5, 5.41) is 0. The zero-order valence-electron chi connectivity index (χ0n) is 19.2. The highest BCUT2D eigenvalue weighted by Crippen LogP contribution is 2.38. The number of halogens is 2. The van der Waals surface area contributed by atoms with Crippen molar-refractivity contribution in [3.63, 3.8) is 0 Å². The summed E-state index contributed by atoms with van der Waals surface area (Å²) >= 11 is 7.10. The Labute approximate surface area is 212 Å². The fourth-order valence-electron chi connectivity index (χ4n) is 4.30. The number of hydrogen-bond acceptors (Lipinski definition) is 5. The predicted octanol–water partition coefficient (Wildman–Crippen LogP) is 5.78. The molecule has 2 heterocycles. The molecule has 2 aliphatic heterocycles. The van der Waals surface area contributed by atoms with Gasteiger partial charge in [0.25, 0.3) is 0 Å². The highest BCUT2D eigenvalue weighted by molar-refractivity contribution is 9.11. The van der Waals surface area contributed by atoms with E-state index in [1.165, 1.54) is 0 Å². The molecule has 1 fully saturated rings. The second-order valence-corrected chi connectivity index (χ2v) is 11.3. The second kappa shape index (κ2) is 10.3. The number of fused-ring (bicyclic) bond motifs is 1. The van der Waals surface area contributed by atoms with Crippen LogP contribution in [0.3, 0.4) is 0 Å². The van der Waals surface area contributed by atoms with E-state index in [9.17, 15) is 4.79 Å². The third kappa shape index (κ3) is 6.29. The molecule has 0 aromatic heterocycles. The highest BCUT2D eigenvalue weighted by Gasteiger charge is 2.38. The molecule has 8 heteroatoms. The number of benzene rings is 2. The molecule has 0 saturated carbocycles. The molecule has 0 spiro atoms. The van der Waals surface area contributed by atoms with Crippen LogP contribution >= 0.6 is 31.9 Å². The van der Waals surface area contributed by atoms with Crippen molar-refractivity contribution in [1.82, 2.24) is 9.80 Å². The van der Waals surface area contributed by atoms with Gasteiger partial charge >= 0.3 is 6.09 Å². The number of ether oxygens (including phenoxy) is 3. The molecule has 2 aromatic rings. The number of rotatable bonds is 4. The fraction of sp³-hybridized carbons (Fsp3) is 0.480. The van der Waals surface area contributed by atoms with Gasteiger partial charge in [-0.2, -0.15) is 0 Å². The average Bonchev–Trinajstić information content (AvgIpc) is 2.75. The van der Waals surface area contributed by atoms with Gasteiger partial charge in [0.2, 0.25) is 0 Å². The smallest absolute Gasteiger partial charge is 0.410 e. The van der Waals surface area contributed by atoms with Crippen molar-refractivity contribution in [2.24, 2.45) is 0 Å². The molecule has 33 heavy (non-hydrogen) atoms. The van der Waals surface area contributed by atoms with Crippen LogP contribution in [0.25, 0.3) is 0 Å². The van der Waals surface area contributed by atoms with Gasteiger partial charge in [0, 0.05) is 40.7 Å². The van der Waals surface area contributed by atoms with Crippen molar-refractivity contribution in [2.75, 3.05) is 32.8 Å². The van der Waals surface area contributed by atoms with Crippen molar-refractivity contribution in [2.45, 2.75) is 45.1 Å². The van der Waals surface area contributed by atoms with Crippen molar-refractivity contribution < 1.29 is 19.0 Å². The molecular formula is C25H30Br2N2O4. The maximum atomic E-state index is 12.5. The molecule has 0 aliphatic carbocycles. The van der Waals surface area contributed by atoms with E-state index >= 15 is 0 Å². The first kappa shape index (κ1) is 24.5. The number of piperazine rings is 1. The summed E-state index contributed by atoms with van der Waals surface area (Å²) in [4.78, 5) is 16.7. The number of hydrogen-bond donors (Lipinski definition) is 0. The molecule has 6 nitrogen and oxygen atoms in total. The molecule has 0 bridgehead atoms. The van der Waals surface area contributed by atoms with E-state index < -0.39 is 5.60 Å². The Morgan fingerprint density at radius 2 is 1.73 bits per heavy atom. The number of amides is 1. The van der Waals surface area contributed by atoms with E-state index in [0.29, 0.717) is 26.3 Å². The van der Waals surface area contributed by atoms with Crippen molar-refractivity contribution in [1.29, 1.82) is 0 Å². The standard InChI is InChI=1S/C25H30Br2N2O4/c1-25(2,3)33-24(30)29-10-8-28(9-11-29)23-20-6-4-5-7-21(20)32-16-22(23)31-15-17-12-18(26)14-19(27)13-17/h4-7,12-14,22-23H,8-11,15-16H2,1-3H3/t22-,23-/m0/s1. The summed E-state index contributed by atoms with van der Waals surface area (Å²) < 4.78 is 20.1. The number of carbonyl (C=O) groups excluding carboxylic acids is 1. The summed E-state index contributed by atoms with van der Waals surface area (Å²) in [6, 6.07) is 14.4. The Balaban J connectivity index is 1.47. The Morgan fingerprint density at radius 1 is 1.06 bits per heavy atom. The van der Waals surface area contributed by atoms with Crippen LogP contribution < -0.4 is 4.74 Å². The van der Waals surface area contributed by atoms with Gasteiger partial charge in [-0.15, -0.1) is 0 Å². The third-order valence-corrected chi connectivity index (χ3v) is 6.65. The van der Waals surface area contributed by atoms with Crippen LogP contribution in [0.5, 0.6) is 5.75 Å². The molecule has 2 aromatic carbocycles. The lowest BCUT2D eigenvalue weighted by molar-refractivity contribution is -0.0690. The average molecular weight is 582 g/mol. The van der Waals surface area contributed by atoms with Crippen LogP contribution in [0.4, 0.5) is 4.79 Å². The quantitative estimate of drug-likeness (QED) is 0.458. The van der Waals surface area contributed by atoms with Crippen molar-refractivity contribution >= 4 is 38.0 Å². The molecule has 1 saturated heterocycles. The number of para-hydroxylation sites is 1. The van der Waals surface area contributed by atoms with Crippen molar-refractivity contribution in [3.8, 4) is 5.75 Å². The molecule has 1 amide bonds. The third-order valence-electron chi connectivity index (χ3n) is 5.74. The first-order chi connectivity index (χ1) is 15.7. The first-order valence-corrected chi connectivity index (χ1v) is 12.8. The first-order valence-electron chi connectivity index (χ1n) is 11.2. The van der Waals surface area contributed by atoms with Gasteiger partial charge in [-0.25, -0.2) is 4.79 Å². The Kier molecular flexibility index (Phi) is 7.68. The lowest BCUT2D eigenvalue weighted by atomic mass is 9.95. The monoisotopic (exact) mass is 580 g/mol. The van der Waals surface area contributed by atoms with E-state index in [1.807, 2.05) is 45.0 Å². The van der Waals surface area contributed by atoms with Crippen LogP contribution in [-0.2, 0) is 16.1 Å². The summed E-state index contributed by atoms with van der Waals surface area (Å²) in [5.74, 6) is 0.905. The Hall–Kier alpha value is -1.61. The zero-order chi connectivity index (χ0) is 23.6. The van der Waals surface area contributed by atoms with Crippen LogP contribution in [0.2, 0.25) is 0 Å². The van der Waals surface area contributed by atoms with Crippen LogP contribution in [0.1, 0.15) is 37.9 Å². The van der Waals surface area contributed by atoms with Gasteiger partial charge in [0.05, 0.1) is 12.6 Å². The number of nitrogens with zero attached hydrogens (tertiary/aromatic N) is 2. The van der Waals surface area contributed by atoms with Gasteiger partial charge < -0.3 is 19.1 Å². The predicted molar refractivity (Wildman–Crippen MR) is 134 cm³/mol. The lowest BCUT2D eigenvalue weighted by Gasteiger charge is -2.44. The molecule has 2 atom stereocenters. The lowest BCUT2D eigenvalue weighted by Crippen LogP contribution is -2.54. The fourth-order valence-corrected chi connectivity index (χ4v) is 5.69. The molecular weight excluding hydrogens is 552 g/mol. The minimum atomic E-state index is -0.492. The zero-order valence-corrected chi connectivity index (χ0v) is 22.4. The Morgan fingerprint density at radius 3 is 2.39 bits per heavy atom. The second-order valence-electron chi connectivity index (χ2n) is 9.42. The highest BCUT2D eigenvalue weighted by atomic mass is 79.9. The summed E-state index contributed by atoms with van der Waals surface area (Å²) in [6.07, 6.45) is -0.367. The molecule has 178 valence electrons. The van der Waals surface area contributed by atoms with E-state index in [-0.39, 0.29) is 18.2 Å². The van der Waals surface area contributed by atoms with Gasteiger partial charge in [-0.05, 0) is 50.6 Å². The minimum Gasteiger partial charge on any atom is -0.490 e. The maximum absolute atomic E-state index is 12.5. The van der Waals surface area contributed by atoms with E-state index in [1.54, 1.807) is 4.90 Å². The van der Waals surface area contributed by atoms with E-state index in [2.05, 4.69) is 55.0 Å². The summed E-state index contributed by atoms with van der Waals surface area (Å²) in [6.45, 7) is 9.41. The van der Waals surface area contributed by atoms with Gasteiger partial charge in [0.1, 0.15) is 24.1 Å². The molecule has 4 rings (SSSR count). The maximum Gasteiger partial charge on any atom is 0.410 e. The van der Waals surface area contributed by atoms with Crippen LogP contribution in [0.15, 0.2) is 51.4 Å². The topological polar surface area (TPSA) is 51.2 Å². The van der Waals surface area contributed by atoms with Crippen molar-refractivity contribution in [3.05, 3.63) is 62.5 Å². The largest absolute Gasteiger partial charge is 0.490 e. The minimum absolute atomic E-state index is 0.0614. The molecule has 0 N–H and O–H groups in total.